The summed E-state index contributed by atoms with van der Waals surface area (Å²) in [4.78, 5) is 10.4. The van der Waals surface area contributed by atoms with Crippen LogP contribution in [0.4, 0.5) is 0 Å². The van der Waals surface area contributed by atoms with E-state index in [4.69, 9.17) is 9.05 Å². The minimum atomic E-state index is 0.602. The van der Waals surface area contributed by atoms with E-state index in [0.717, 1.165) is 34.2 Å². The molecule has 0 fully saturated rings. The Hall–Kier alpha value is -3.32. The number of pyridine rings is 2. The van der Waals surface area contributed by atoms with Crippen LogP contribution in [-0.4, -0.2) is 32.2 Å². The summed E-state index contributed by atoms with van der Waals surface area (Å²) in [5, 5.41) is 8.20. The summed E-state index contributed by atoms with van der Waals surface area (Å²) in [6.07, 6.45) is 5.21. The predicted octanol–water partition coefficient (Wildman–Crippen LogP) is 3.42. The summed E-state index contributed by atoms with van der Waals surface area (Å²) in [6.45, 7) is 1.21. The molecule has 4 heterocycles. The lowest BCUT2D eigenvalue weighted by atomic mass is 10.2. The summed E-state index contributed by atoms with van der Waals surface area (Å²) in [6, 6.07) is 13.3. The first-order chi connectivity index (χ1) is 12.8. The van der Waals surface area contributed by atoms with Gasteiger partial charge in [0.1, 0.15) is 11.4 Å². The second-order valence-corrected chi connectivity index (χ2v) is 5.98. The first-order valence-corrected chi connectivity index (χ1v) is 8.19. The van der Waals surface area contributed by atoms with Crippen LogP contribution >= 0.6 is 0 Å². The van der Waals surface area contributed by atoms with Gasteiger partial charge in [-0.25, -0.2) is 0 Å². The highest BCUT2D eigenvalue weighted by atomic mass is 16.5. The molecule has 0 unspecified atom stereocenters. The van der Waals surface area contributed by atoms with Crippen LogP contribution in [0.2, 0.25) is 0 Å². The summed E-state index contributed by atoms with van der Waals surface area (Å²) in [7, 11) is 1.98. The molecule has 0 bridgehead atoms. The van der Waals surface area contributed by atoms with Crippen LogP contribution in [0, 0.1) is 0 Å². The molecule has 0 saturated carbocycles. The van der Waals surface area contributed by atoms with Gasteiger partial charge in [0, 0.05) is 36.3 Å². The minimum absolute atomic E-state index is 0.602. The average molecular weight is 347 g/mol. The third-order valence-corrected chi connectivity index (χ3v) is 3.87. The van der Waals surface area contributed by atoms with Gasteiger partial charge in [0.15, 0.2) is 11.5 Å². The molecule has 0 aliphatic heterocycles. The maximum Gasteiger partial charge on any atom is 0.151 e. The fourth-order valence-corrected chi connectivity index (χ4v) is 2.66. The Morgan fingerprint density at radius 3 is 2.19 bits per heavy atom. The molecule has 4 aromatic heterocycles. The number of rotatable bonds is 6. The van der Waals surface area contributed by atoms with Gasteiger partial charge in [0.05, 0.1) is 18.8 Å². The number of hydrogen-bond acceptors (Lipinski definition) is 7. The topological polar surface area (TPSA) is 81.1 Å². The van der Waals surface area contributed by atoms with E-state index in [0.29, 0.717) is 13.1 Å². The van der Waals surface area contributed by atoms with E-state index in [2.05, 4.69) is 25.2 Å². The zero-order valence-corrected chi connectivity index (χ0v) is 14.2. The van der Waals surface area contributed by atoms with E-state index in [9.17, 15) is 0 Å². The molecular formula is C19H17N5O2. The van der Waals surface area contributed by atoms with Crippen molar-refractivity contribution in [3.8, 4) is 22.6 Å². The van der Waals surface area contributed by atoms with Gasteiger partial charge in [-0.2, -0.15) is 0 Å². The van der Waals surface area contributed by atoms with Crippen LogP contribution in [0.1, 0.15) is 11.5 Å². The average Bonchev–Trinajstić information content (AvgIpc) is 3.33. The quantitative estimate of drug-likeness (QED) is 0.528. The van der Waals surface area contributed by atoms with Crippen molar-refractivity contribution in [1.29, 1.82) is 0 Å². The maximum absolute atomic E-state index is 5.43. The van der Waals surface area contributed by atoms with Gasteiger partial charge >= 0.3 is 0 Å². The molecule has 0 spiro atoms. The highest BCUT2D eigenvalue weighted by Crippen LogP contribution is 2.20. The van der Waals surface area contributed by atoms with Crippen LogP contribution in [0.5, 0.6) is 0 Å². The number of nitrogens with zero attached hydrogens (tertiary/aromatic N) is 5. The van der Waals surface area contributed by atoms with Crippen molar-refractivity contribution in [2.45, 2.75) is 13.1 Å². The summed E-state index contributed by atoms with van der Waals surface area (Å²) < 4.78 is 10.9. The third kappa shape index (κ3) is 3.68. The molecule has 7 nitrogen and oxygen atoms in total. The second kappa shape index (κ2) is 7.28. The molecule has 0 saturated heterocycles. The standard InChI is InChI=1S/C19H17N5O2/c1-24(12-15-10-18(22-25-15)14-5-8-20-9-6-14)13-16-11-19(23-26-16)17-4-2-3-7-21-17/h2-11H,12-13H2,1H3. The Morgan fingerprint density at radius 1 is 0.808 bits per heavy atom. The lowest BCUT2D eigenvalue weighted by molar-refractivity contribution is 0.238. The fraction of sp³-hybridized carbons (Fsp3) is 0.158. The van der Waals surface area contributed by atoms with Gasteiger partial charge in [-0.3, -0.25) is 14.9 Å². The Labute approximate surface area is 150 Å². The Bertz CT molecular complexity index is 886. The van der Waals surface area contributed by atoms with Crippen LogP contribution in [0.25, 0.3) is 22.6 Å². The van der Waals surface area contributed by atoms with Crippen molar-refractivity contribution in [2.24, 2.45) is 0 Å². The highest BCUT2D eigenvalue weighted by Gasteiger charge is 2.12. The molecular weight excluding hydrogens is 330 g/mol. The summed E-state index contributed by atoms with van der Waals surface area (Å²) in [5.41, 5.74) is 3.30. The lowest BCUT2D eigenvalue weighted by Crippen LogP contribution is -2.16. The van der Waals surface area contributed by atoms with Gasteiger partial charge in [0.2, 0.25) is 0 Å². The Morgan fingerprint density at radius 2 is 1.50 bits per heavy atom. The largest absolute Gasteiger partial charge is 0.359 e. The fourth-order valence-electron chi connectivity index (χ4n) is 2.66. The van der Waals surface area contributed by atoms with Crippen LogP contribution in [0.3, 0.4) is 0 Å². The van der Waals surface area contributed by atoms with Gasteiger partial charge in [-0.1, -0.05) is 16.4 Å². The van der Waals surface area contributed by atoms with Gasteiger partial charge < -0.3 is 9.05 Å². The van der Waals surface area contributed by atoms with Gasteiger partial charge in [-0.05, 0) is 31.3 Å². The number of hydrogen-bond donors (Lipinski definition) is 0. The van der Waals surface area contributed by atoms with Crippen molar-refractivity contribution in [3.63, 3.8) is 0 Å². The van der Waals surface area contributed by atoms with Gasteiger partial charge in [-0.15, -0.1) is 0 Å². The molecule has 0 radical (unpaired) electrons. The number of aromatic nitrogens is 4. The van der Waals surface area contributed by atoms with Crippen LogP contribution in [0.15, 0.2) is 70.1 Å². The monoisotopic (exact) mass is 347 g/mol. The van der Waals surface area contributed by atoms with E-state index in [1.54, 1.807) is 18.6 Å². The zero-order chi connectivity index (χ0) is 17.8. The van der Waals surface area contributed by atoms with E-state index in [1.165, 1.54) is 0 Å². The molecule has 26 heavy (non-hydrogen) atoms. The van der Waals surface area contributed by atoms with E-state index < -0.39 is 0 Å². The molecule has 0 aliphatic rings. The normalized spacial score (nSPS) is 11.2. The minimum Gasteiger partial charge on any atom is -0.359 e. The molecule has 130 valence electrons. The smallest absolute Gasteiger partial charge is 0.151 e. The third-order valence-electron chi connectivity index (χ3n) is 3.87. The van der Waals surface area contributed by atoms with Crippen molar-refractivity contribution < 1.29 is 9.05 Å². The Kier molecular flexibility index (Phi) is 4.53. The molecule has 4 aromatic rings. The predicted molar refractivity (Wildman–Crippen MR) is 94.6 cm³/mol. The molecule has 7 heteroatoms. The van der Waals surface area contributed by atoms with Crippen molar-refractivity contribution in [2.75, 3.05) is 7.05 Å². The van der Waals surface area contributed by atoms with Crippen molar-refractivity contribution >= 4 is 0 Å². The van der Waals surface area contributed by atoms with Crippen molar-refractivity contribution in [1.82, 2.24) is 25.2 Å². The molecule has 0 amide bonds. The SMILES string of the molecule is CN(Cc1cc(-c2ccncc2)no1)Cc1cc(-c2ccccn2)no1. The Balaban J connectivity index is 1.40. The van der Waals surface area contributed by atoms with Crippen LogP contribution < -0.4 is 0 Å². The zero-order valence-electron chi connectivity index (χ0n) is 14.2. The van der Waals surface area contributed by atoms with E-state index in [-0.39, 0.29) is 0 Å². The lowest BCUT2D eigenvalue weighted by Gasteiger charge is -2.11. The van der Waals surface area contributed by atoms with E-state index >= 15 is 0 Å². The second-order valence-electron chi connectivity index (χ2n) is 5.98. The summed E-state index contributed by atoms with van der Waals surface area (Å²) in [5.74, 6) is 1.55. The maximum atomic E-state index is 5.43. The summed E-state index contributed by atoms with van der Waals surface area (Å²) >= 11 is 0. The van der Waals surface area contributed by atoms with Crippen molar-refractivity contribution in [3.05, 3.63) is 72.6 Å². The first kappa shape index (κ1) is 16.2. The van der Waals surface area contributed by atoms with Crippen LogP contribution in [-0.2, 0) is 13.1 Å². The molecule has 0 atom stereocenters. The van der Waals surface area contributed by atoms with Gasteiger partial charge in [0.25, 0.3) is 0 Å². The van der Waals surface area contributed by atoms with E-state index in [1.807, 2.05) is 49.5 Å². The molecule has 0 aliphatic carbocycles. The highest BCUT2D eigenvalue weighted by molar-refractivity contribution is 5.57. The molecule has 0 N–H and O–H groups in total. The first-order valence-electron chi connectivity index (χ1n) is 8.19. The molecule has 4 rings (SSSR count). The molecule has 0 aromatic carbocycles.